The van der Waals surface area contributed by atoms with Crippen LogP contribution in [0.25, 0.3) is 0 Å². The first-order valence-corrected chi connectivity index (χ1v) is 13.6. The van der Waals surface area contributed by atoms with Gasteiger partial charge in [0.15, 0.2) is 5.84 Å². The fourth-order valence-electron chi connectivity index (χ4n) is 4.24. The van der Waals surface area contributed by atoms with Crippen LogP contribution in [0.15, 0.2) is 59.8 Å². The van der Waals surface area contributed by atoms with Gasteiger partial charge in [-0.2, -0.15) is 0 Å². The third-order valence-electron chi connectivity index (χ3n) is 6.23. The molecule has 0 bridgehead atoms. The molecule has 2 amide bonds. The number of rotatable bonds is 11. The maximum Gasteiger partial charge on any atom is 0.245 e. The Morgan fingerprint density at radius 3 is 2.58 bits per heavy atom. The maximum absolute atomic E-state index is 13.0. The standard InChI is InChI=1S/C25H33N5O5S/c1-2-36(34,35)29-21(17-18-8-4-3-5-9-18)24(31)27-25(32)22-12-7-14-30(22)15-13-19-10-6-11-20(16-19)23(26)28-33/h3-6,8-11,16,21-22,29,33H,2,7,12-15,17H2,1H3,(H2,26,28)(H,27,31,32)/t21-,22+/m1/s1. The number of likely N-dealkylation sites (tertiary alicyclic amines) is 1. The van der Waals surface area contributed by atoms with Gasteiger partial charge in [0.05, 0.1) is 11.8 Å². The molecular weight excluding hydrogens is 482 g/mol. The summed E-state index contributed by atoms with van der Waals surface area (Å²) in [6, 6.07) is 14.8. The highest BCUT2D eigenvalue weighted by Gasteiger charge is 2.33. The Balaban J connectivity index is 1.64. The zero-order valence-electron chi connectivity index (χ0n) is 20.3. The number of hydrogen-bond acceptors (Lipinski definition) is 7. The average molecular weight is 516 g/mol. The minimum atomic E-state index is -3.67. The van der Waals surface area contributed by atoms with E-state index in [-0.39, 0.29) is 18.0 Å². The van der Waals surface area contributed by atoms with E-state index in [0.717, 1.165) is 17.5 Å². The van der Waals surface area contributed by atoms with Gasteiger partial charge in [0, 0.05) is 12.1 Å². The SMILES string of the molecule is CCS(=O)(=O)N[C@H](Cc1ccccc1)C(=O)NC(=O)[C@@H]1CCCN1CCc1cccc(C(N)=NO)c1. The first-order chi connectivity index (χ1) is 17.2. The summed E-state index contributed by atoms with van der Waals surface area (Å²) in [7, 11) is -3.67. The second-order valence-electron chi connectivity index (χ2n) is 8.75. The van der Waals surface area contributed by atoms with Crippen molar-refractivity contribution >= 4 is 27.7 Å². The molecule has 194 valence electrons. The van der Waals surface area contributed by atoms with Gasteiger partial charge in [-0.15, -0.1) is 0 Å². The van der Waals surface area contributed by atoms with E-state index in [9.17, 15) is 18.0 Å². The van der Waals surface area contributed by atoms with E-state index < -0.39 is 33.9 Å². The van der Waals surface area contributed by atoms with Gasteiger partial charge >= 0.3 is 0 Å². The fraction of sp³-hybridized carbons (Fsp3) is 0.400. The second-order valence-corrected chi connectivity index (χ2v) is 10.8. The van der Waals surface area contributed by atoms with Crippen molar-refractivity contribution in [2.45, 2.75) is 44.7 Å². The predicted molar refractivity (Wildman–Crippen MR) is 137 cm³/mol. The number of amides is 2. The number of nitrogens with two attached hydrogens (primary N) is 1. The van der Waals surface area contributed by atoms with Gasteiger partial charge in [-0.3, -0.25) is 19.8 Å². The van der Waals surface area contributed by atoms with Gasteiger partial charge in [0.2, 0.25) is 21.8 Å². The molecule has 0 spiro atoms. The Hall–Kier alpha value is -3.28. The first-order valence-electron chi connectivity index (χ1n) is 11.9. The number of nitrogens with one attached hydrogen (secondary N) is 2. The van der Waals surface area contributed by atoms with E-state index in [4.69, 9.17) is 10.9 Å². The quantitative estimate of drug-likeness (QED) is 0.151. The Kier molecular flexibility index (Phi) is 9.57. The van der Waals surface area contributed by atoms with Crippen molar-refractivity contribution in [3.8, 4) is 0 Å². The van der Waals surface area contributed by atoms with Gasteiger partial charge in [-0.25, -0.2) is 13.1 Å². The van der Waals surface area contributed by atoms with Crippen LogP contribution in [0.3, 0.4) is 0 Å². The lowest BCUT2D eigenvalue weighted by molar-refractivity contribution is -0.133. The van der Waals surface area contributed by atoms with Crippen molar-refractivity contribution in [3.05, 3.63) is 71.3 Å². The Morgan fingerprint density at radius 2 is 1.89 bits per heavy atom. The third kappa shape index (κ3) is 7.61. The van der Waals surface area contributed by atoms with Crippen LogP contribution in [0, 0.1) is 0 Å². The van der Waals surface area contributed by atoms with Crippen molar-refractivity contribution in [2.75, 3.05) is 18.8 Å². The molecule has 36 heavy (non-hydrogen) atoms. The van der Waals surface area contributed by atoms with Gasteiger partial charge in [0.25, 0.3) is 0 Å². The Labute approximate surface area is 211 Å². The zero-order chi connectivity index (χ0) is 26.1. The van der Waals surface area contributed by atoms with Crippen LogP contribution in [0.4, 0.5) is 0 Å². The molecule has 0 saturated carbocycles. The summed E-state index contributed by atoms with van der Waals surface area (Å²) in [5.41, 5.74) is 8.03. The van der Waals surface area contributed by atoms with Gasteiger partial charge < -0.3 is 10.9 Å². The number of hydrogen-bond donors (Lipinski definition) is 4. The molecular formula is C25H33N5O5S. The van der Waals surface area contributed by atoms with Crippen molar-refractivity contribution in [1.82, 2.24) is 14.9 Å². The molecule has 5 N–H and O–H groups in total. The summed E-state index contributed by atoms with van der Waals surface area (Å²) in [5, 5.41) is 14.4. The van der Waals surface area contributed by atoms with Crippen LogP contribution in [0.5, 0.6) is 0 Å². The molecule has 1 heterocycles. The highest BCUT2D eigenvalue weighted by Crippen LogP contribution is 2.19. The number of benzene rings is 2. The van der Waals surface area contributed by atoms with Crippen molar-refractivity contribution in [3.63, 3.8) is 0 Å². The van der Waals surface area contributed by atoms with Crippen LogP contribution < -0.4 is 15.8 Å². The molecule has 3 rings (SSSR count). The van der Waals surface area contributed by atoms with Crippen molar-refractivity contribution in [1.29, 1.82) is 0 Å². The molecule has 1 aliphatic heterocycles. The number of nitrogens with zero attached hydrogens (tertiary/aromatic N) is 2. The summed E-state index contributed by atoms with van der Waals surface area (Å²) in [4.78, 5) is 28.1. The zero-order valence-corrected chi connectivity index (χ0v) is 21.1. The van der Waals surface area contributed by atoms with Crippen LogP contribution >= 0.6 is 0 Å². The molecule has 0 aliphatic carbocycles. The van der Waals surface area contributed by atoms with Crippen LogP contribution in [-0.2, 0) is 32.5 Å². The van der Waals surface area contributed by atoms with E-state index in [1.165, 1.54) is 6.92 Å². The normalized spacial score (nSPS) is 17.6. The smallest absolute Gasteiger partial charge is 0.245 e. The summed E-state index contributed by atoms with van der Waals surface area (Å²) in [5.74, 6) is -1.25. The van der Waals surface area contributed by atoms with Crippen LogP contribution in [0.2, 0.25) is 0 Å². The van der Waals surface area contributed by atoms with Crippen molar-refractivity contribution < 1.29 is 23.2 Å². The minimum absolute atomic E-state index is 0.0255. The monoisotopic (exact) mass is 515 g/mol. The Bertz CT molecular complexity index is 1190. The topological polar surface area (TPSA) is 154 Å². The lowest BCUT2D eigenvalue weighted by atomic mass is 10.1. The molecule has 2 atom stereocenters. The molecule has 2 aromatic carbocycles. The molecule has 1 aliphatic rings. The molecule has 10 nitrogen and oxygen atoms in total. The fourth-order valence-corrected chi connectivity index (χ4v) is 5.03. The average Bonchev–Trinajstić information content (AvgIpc) is 3.36. The molecule has 1 fully saturated rings. The lowest BCUT2D eigenvalue weighted by Gasteiger charge is -2.24. The van der Waals surface area contributed by atoms with E-state index in [1.807, 2.05) is 29.2 Å². The van der Waals surface area contributed by atoms with Crippen LogP contribution in [-0.4, -0.2) is 67.1 Å². The number of amidine groups is 1. The Morgan fingerprint density at radius 1 is 1.17 bits per heavy atom. The summed E-state index contributed by atoms with van der Waals surface area (Å²) in [6.45, 7) is 2.78. The van der Waals surface area contributed by atoms with E-state index in [0.29, 0.717) is 31.5 Å². The number of carbonyl (C=O) groups is 2. The highest BCUT2D eigenvalue weighted by molar-refractivity contribution is 7.89. The largest absolute Gasteiger partial charge is 0.409 e. The lowest BCUT2D eigenvalue weighted by Crippen LogP contribution is -2.53. The van der Waals surface area contributed by atoms with Gasteiger partial charge in [0.1, 0.15) is 6.04 Å². The molecule has 2 aromatic rings. The van der Waals surface area contributed by atoms with Crippen molar-refractivity contribution in [2.24, 2.45) is 10.9 Å². The molecule has 1 saturated heterocycles. The van der Waals surface area contributed by atoms with E-state index >= 15 is 0 Å². The summed E-state index contributed by atoms with van der Waals surface area (Å²) >= 11 is 0. The van der Waals surface area contributed by atoms with E-state index in [2.05, 4.69) is 15.2 Å². The van der Waals surface area contributed by atoms with Crippen LogP contribution in [0.1, 0.15) is 36.5 Å². The molecule has 11 heteroatoms. The highest BCUT2D eigenvalue weighted by atomic mass is 32.2. The predicted octanol–water partition coefficient (Wildman–Crippen LogP) is 0.981. The number of sulfonamides is 1. The first kappa shape index (κ1) is 27.3. The summed E-state index contributed by atoms with van der Waals surface area (Å²) in [6.07, 6.45) is 2.18. The maximum atomic E-state index is 13.0. The summed E-state index contributed by atoms with van der Waals surface area (Å²) < 4.78 is 26.8. The number of imide groups is 1. The molecule has 0 aromatic heterocycles. The molecule has 0 unspecified atom stereocenters. The molecule has 0 radical (unpaired) electrons. The third-order valence-corrected chi connectivity index (χ3v) is 7.64. The second kappa shape index (κ2) is 12.6. The van der Waals surface area contributed by atoms with E-state index in [1.54, 1.807) is 30.3 Å². The number of carbonyl (C=O) groups excluding carboxylic acids is 2. The minimum Gasteiger partial charge on any atom is -0.409 e. The number of oxime groups is 1. The van der Waals surface area contributed by atoms with Gasteiger partial charge in [-0.05, 0) is 56.3 Å². The van der Waals surface area contributed by atoms with Gasteiger partial charge in [-0.1, -0.05) is 53.7 Å².